The maximum atomic E-state index is 5.96. The van der Waals surface area contributed by atoms with Crippen molar-refractivity contribution in [3.8, 4) is 0 Å². The van der Waals surface area contributed by atoms with E-state index in [-0.39, 0.29) is 17.0 Å². The summed E-state index contributed by atoms with van der Waals surface area (Å²) in [5.41, 5.74) is 0. The van der Waals surface area contributed by atoms with Crippen LogP contribution in [0.25, 0.3) is 0 Å². The van der Waals surface area contributed by atoms with E-state index in [1.807, 2.05) is 6.92 Å². The number of hydrogen-bond acceptors (Lipinski definition) is 2. The van der Waals surface area contributed by atoms with Crippen LogP contribution in [0.4, 0.5) is 0 Å². The Morgan fingerprint density at radius 3 is 1.36 bits per heavy atom. The minimum absolute atomic E-state index is 0. The zero-order valence-corrected chi connectivity index (χ0v) is 18.8. The van der Waals surface area contributed by atoms with Gasteiger partial charge < -0.3 is 26.5 Å². The van der Waals surface area contributed by atoms with Crippen molar-refractivity contribution in [1.82, 2.24) is 0 Å². The standard InChI is InChI=1S/C24H28O2P.BrH/c1-2-25-18-19-26-20-21-27(22-12-6-3-7-13-22,23-14-8-4-9-15-23)24-16-10-5-11-17-24;/h3-17H,2,18-21H2,1H3;1H/q+1;/p-1. The summed E-state index contributed by atoms with van der Waals surface area (Å²) < 4.78 is 11.4. The molecule has 0 saturated heterocycles. The average Bonchev–Trinajstić information content (AvgIpc) is 2.75. The lowest BCUT2D eigenvalue weighted by Gasteiger charge is -2.27. The normalized spacial score (nSPS) is 11.0. The number of benzene rings is 3. The molecule has 0 radical (unpaired) electrons. The van der Waals surface area contributed by atoms with Gasteiger partial charge in [-0.05, 0) is 43.3 Å². The summed E-state index contributed by atoms with van der Waals surface area (Å²) >= 11 is 0. The van der Waals surface area contributed by atoms with Crippen LogP contribution in [0.5, 0.6) is 0 Å². The number of halogens is 1. The first-order chi connectivity index (χ1) is 13.4. The van der Waals surface area contributed by atoms with Gasteiger partial charge in [0.25, 0.3) is 0 Å². The van der Waals surface area contributed by atoms with E-state index in [1.54, 1.807) is 0 Å². The second-order valence-electron chi connectivity index (χ2n) is 6.35. The zero-order chi connectivity index (χ0) is 18.8. The molecule has 0 spiro atoms. The average molecular weight is 459 g/mol. The third kappa shape index (κ3) is 5.52. The molecule has 0 saturated carbocycles. The summed E-state index contributed by atoms with van der Waals surface area (Å²) in [4.78, 5) is 0. The summed E-state index contributed by atoms with van der Waals surface area (Å²) in [5.74, 6) is 0. The van der Waals surface area contributed by atoms with Gasteiger partial charge in [0.05, 0.1) is 26.0 Å². The van der Waals surface area contributed by atoms with Crippen molar-refractivity contribution < 1.29 is 26.5 Å². The molecule has 0 aromatic heterocycles. The molecule has 0 unspecified atom stereocenters. The van der Waals surface area contributed by atoms with E-state index in [0.29, 0.717) is 13.2 Å². The lowest BCUT2D eigenvalue weighted by molar-refractivity contribution is -0.00000626. The number of ether oxygens (including phenoxy) is 2. The summed E-state index contributed by atoms with van der Waals surface area (Å²) in [6.45, 7) is 4.77. The van der Waals surface area contributed by atoms with Gasteiger partial charge in [-0.2, -0.15) is 0 Å². The Morgan fingerprint density at radius 1 is 0.571 bits per heavy atom. The van der Waals surface area contributed by atoms with Crippen LogP contribution in [-0.2, 0) is 9.47 Å². The van der Waals surface area contributed by atoms with Crippen LogP contribution >= 0.6 is 7.26 Å². The molecule has 148 valence electrons. The smallest absolute Gasteiger partial charge is 0.114 e. The fourth-order valence-electron chi connectivity index (χ4n) is 3.45. The Kier molecular flexibility index (Phi) is 9.87. The summed E-state index contributed by atoms with van der Waals surface area (Å²) in [5, 5.41) is 4.20. The number of hydrogen-bond donors (Lipinski definition) is 0. The third-order valence-corrected chi connectivity index (χ3v) is 9.13. The molecule has 0 atom stereocenters. The quantitative estimate of drug-likeness (QED) is 0.333. The first-order valence-corrected chi connectivity index (χ1v) is 11.6. The predicted molar refractivity (Wildman–Crippen MR) is 117 cm³/mol. The topological polar surface area (TPSA) is 18.5 Å². The monoisotopic (exact) mass is 458 g/mol. The Bertz CT molecular complexity index is 685. The summed E-state index contributed by atoms with van der Waals surface area (Å²) in [6, 6.07) is 32.8. The summed E-state index contributed by atoms with van der Waals surface area (Å²) in [6.07, 6.45) is 0.983. The van der Waals surface area contributed by atoms with Gasteiger partial charge in [-0.1, -0.05) is 54.6 Å². The molecule has 3 aromatic rings. The van der Waals surface area contributed by atoms with Crippen molar-refractivity contribution in [2.45, 2.75) is 6.92 Å². The highest BCUT2D eigenvalue weighted by Gasteiger charge is 2.44. The molecule has 0 N–H and O–H groups in total. The maximum Gasteiger partial charge on any atom is 0.114 e. The Labute approximate surface area is 180 Å². The van der Waals surface area contributed by atoms with E-state index in [0.717, 1.165) is 19.4 Å². The van der Waals surface area contributed by atoms with Crippen LogP contribution in [0.3, 0.4) is 0 Å². The van der Waals surface area contributed by atoms with Crippen molar-refractivity contribution in [3.63, 3.8) is 0 Å². The molecule has 0 amide bonds. The van der Waals surface area contributed by atoms with E-state index in [2.05, 4.69) is 91.0 Å². The third-order valence-electron chi connectivity index (χ3n) is 4.74. The molecule has 3 rings (SSSR count). The highest BCUT2D eigenvalue weighted by atomic mass is 79.9. The van der Waals surface area contributed by atoms with Crippen LogP contribution in [0.2, 0.25) is 0 Å². The van der Waals surface area contributed by atoms with Crippen molar-refractivity contribution in [3.05, 3.63) is 91.0 Å². The SMILES string of the molecule is CCOCCOCC[P+](c1ccccc1)(c1ccccc1)c1ccccc1.[Br-]. The highest BCUT2D eigenvalue weighted by molar-refractivity contribution is 7.95. The van der Waals surface area contributed by atoms with Gasteiger partial charge in [-0.3, -0.25) is 0 Å². The van der Waals surface area contributed by atoms with Crippen LogP contribution < -0.4 is 32.9 Å². The fourth-order valence-corrected chi connectivity index (χ4v) is 7.56. The van der Waals surface area contributed by atoms with Crippen LogP contribution in [0.1, 0.15) is 6.92 Å². The van der Waals surface area contributed by atoms with Crippen molar-refractivity contribution in [1.29, 1.82) is 0 Å². The largest absolute Gasteiger partial charge is 1.00 e. The molecule has 28 heavy (non-hydrogen) atoms. The van der Waals surface area contributed by atoms with E-state index < -0.39 is 7.26 Å². The molecule has 0 fully saturated rings. The van der Waals surface area contributed by atoms with Crippen LogP contribution in [0, 0.1) is 0 Å². The molecule has 0 heterocycles. The Hall–Kier alpha value is -1.51. The second-order valence-corrected chi connectivity index (χ2v) is 9.97. The second kappa shape index (κ2) is 12.1. The van der Waals surface area contributed by atoms with E-state index in [9.17, 15) is 0 Å². The van der Waals surface area contributed by atoms with Gasteiger partial charge in [0, 0.05) is 6.61 Å². The molecule has 3 aromatic carbocycles. The molecular weight excluding hydrogens is 431 g/mol. The Morgan fingerprint density at radius 2 is 0.964 bits per heavy atom. The first-order valence-electron chi connectivity index (χ1n) is 9.58. The lowest BCUT2D eigenvalue weighted by Crippen LogP contribution is -3.00. The minimum Gasteiger partial charge on any atom is -1.00 e. The molecule has 0 aliphatic rings. The minimum atomic E-state index is -1.77. The van der Waals surface area contributed by atoms with Crippen LogP contribution in [0.15, 0.2) is 91.0 Å². The Balaban J connectivity index is 0.00000280. The highest BCUT2D eigenvalue weighted by Crippen LogP contribution is 2.54. The van der Waals surface area contributed by atoms with Crippen molar-refractivity contribution in [2.75, 3.05) is 32.6 Å². The van der Waals surface area contributed by atoms with Gasteiger partial charge in [0.15, 0.2) is 0 Å². The van der Waals surface area contributed by atoms with Crippen LogP contribution in [-0.4, -0.2) is 32.6 Å². The molecule has 2 nitrogen and oxygen atoms in total. The van der Waals surface area contributed by atoms with E-state index in [1.165, 1.54) is 15.9 Å². The van der Waals surface area contributed by atoms with Gasteiger partial charge in [-0.25, -0.2) is 0 Å². The maximum absolute atomic E-state index is 5.96. The first kappa shape index (κ1) is 22.8. The molecule has 0 bridgehead atoms. The molecule has 0 aliphatic carbocycles. The van der Waals surface area contributed by atoms with E-state index in [4.69, 9.17) is 9.47 Å². The van der Waals surface area contributed by atoms with Gasteiger partial charge in [-0.15, -0.1) is 0 Å². The van der Waals surface area contributed by atoms with Crippen molar-refractivity contribution in [2.24, 2.45) is 0 Å². The number of rotatable bonds is 10. The van der Waals surface area contributed by atoms with Crippen molar-refractivity contribution >= 4 is 23.2 Å². The lowest BCUT2D eigenvalue weighted by atomic mass is 10.4. The molecule has 4 heteroatoms. The fraction of sp³-hybridized carbons (Fsp3) is 0.250. The predicted octanol–water partition coefficient (Wildman–Crippen LogP) is 1.04. The zero-order valence-electron chi connectivity index (χ0n) is 16.3. The molecule has 0 aliphatic heterocycles. The summed E-state index contributed by atoms with van der Waals surface area (Å²) in [7, 11) is -1.77. The van der Waals surface area contributed by atoms with Gasteiger partial charge in [0.2, 0.25) is 0 Å². The van der Waals surface area contributed by atoms with Gasteiger partial charge in [0.1, 0.15) is 23.2 Å². The molecular formula is C24H28BrO2P. The van der Waals surface area contributed by atoms with E-state index >= 15 is 0 Å². The van der Waals surface area contributed by atoms with Gasteiger partial charge >= 0.3 is 0 Å².